The van der Waals surface area contributed by atoms with Gasteiger partial charge in [-0.15, -0.1) is 0 Å². The first kappa shape index (κ1) is 15.3. The molecule has 0 saturated heterocycles. The van der Waals surface area contributed by atoms with Gasteiger partial charge in [0.05, 0.1) is 6.10 Å². The van der Waals surface area contributed by atoms with E-state index in [0.717, 1.165) is 16.7 Å². The van der Waals surface area contributed by atoms with E-state index in [-0.39, 0.29) is 12.0 Å². The van der Waals surface area contributed by atoms with Crippen LogP contribution in [0.2, 0.25) is 0 Å². The molecule has 2 rings (SSSR count). The molecule has 3 heteroatoms. The highest BCUT2D eigenvalue weighted by Gasteiger charge is 2.13. The standard InChI is InChI=1S/C18H21NO2/c1-13-9-10-16(14(2)11-13)18(20)19-12-17(21-3)15-7-5-4-6-8-15/h4-11,17H,12H2,1-3H3,(H,19,20). The fraction of sp³-hybridized carbons (Fsp3) is 0.278. The summed E-state index contributed by atoms with van der Waals surface area (Å²) >= 11 is 0. The highest BCUT2D eigenvalue weighted by Crippen LogP contribution is 2.16. The lowest BCUT2D eigenvalue weighted by molar-refractivity contribution is 0.0827. The second kappa shape index (κ2) is 7.04. The van der Waals surface area contributed by atoms with Crippen LogP contribution in [0.25, 0.3) is 0 Å². The number of ether oxygens (including phenoxy) is 1. The van der Waals surface area contributed by atoms with Gasteiger partial charge in [-0.1, -0.05) is 48.0 Å². The predicted octanol–water partition coefficient (Wildman–Crippen LogP) is 3.42. The van der Waals surface area contributed by atoms with Gasteiger partial charge in [-0.3, -0.25) is 4.79 Å². The summed E-state index contributed by atoms with van der Waals surface area (Å²) in [5.41, 5.74) is 3.91. The predicted molar refractivity (Wildman–Crippen MR) is 84.4 cm³/mol. The number of methoxy groups -OCH3 is 1. The molecule has 0 spiro atoms. The van der Waals surface area contributed by atoms with Crippen molar-refractivity contribution in [3.05, 3.63) is 70.8 Å². The highest BCUT2D eigenvalue weighted by atomic mass is 16.5. The summed E-state index contributed by atoms with van der Waals surface area (Å²) in [5, 5.41) is 2.94. The Morgan fingerprint density at radius 1 is 1.14 bits per heavy atom. The third kappa shape index (κ3) is 3.92. The topological polar surface area (TPSA) is 38.3 Å². The van der Waals surface area contributed by atoms with Crippen molar-refractivity contribution in [2.24, 2.45) is 0 Å². The first-order chi connectivity index (χ1) is 10.1. The molecule has 0 heterocycles. The van der Waals surface area contributed by atoms with Crippen molar-refractivity contribution in [1.29, 1.82) is 0 Å². The first-order valence-corrected chi connectivity index (χ1v) is 7.05. The largest absolute Gasteiger partial charge is 0.375 e. The minimum atomic E-state index is -0.138. The first-order valence-electron chi connectivity index (χ1n) is 7.05. The smallest absolute Gasteiger partial charge is 0.251 e. The molecule has 110 valence electrons. The molecule has 21 heavy (non-hydrogen) atoms. The average molecular weight is 283 g/mol. The van der Waals surface area contributed by atoms with Crippen molar-refractivity contribution in [3.8, 4) is 0 Å². The maximum Gasteiger partial charge on any atom is 0.251 e. The number of hydrogen-bond donors (Lipinski definition) is 1. The second-order valence-corrected chi connectivity index (χ2v) is 5.16. The van der Waals surface area contributed by atoms with Crippen LogP contribution in [0.5, 0.6) is 0 Å². The molecule has 1 atom stereocenters. The Bertz CT molecular complexity index is 608. The van der Waals surface area contributed by atoms with Gasteiger partial charge in [0.15, 0.2) is 0 Å². The molecular weight excluding hydrogens is 262 g/mol. The van der Waals surface area contributed by atoms with Crippen molar-refractivity contribution in [2.45, 2.75) is 20.0 Å². The molecule has 0 aliphatic heterocycles. The monoisotopic (exact) mass is 283 g/mol. The molecule has 0 radical (unpaired) electrons. The number of amides is 1. The minimum absolute atomic E-state index is 0.0644. The lowest BCUT2D eigenvalue weighted by Gasteiger charge is -2.17. The van der Waals surface area contributed by atoms with E-state index >= 15 is 0 Å². The Kier molecular flexibility index (Phi) is 5.12. The Balaban J connectivity index is 2.03. The molecule has 2 aromatic carbocycles. The quantitative estimate of drug-likeness (QED) is 0.913. The van der Waals surface area contributed by atoms with E-state index < -0.39 is 0 Å². The van der Waals surface area contributed by atoms with Gasteiger partial charge in [0, 0.05) is 19.2 Å². The van der Waals surface area contributed by atoms with Gasteiger partial charge in [-0.05, 0) is 31.0 Å². The third-order valence-electron chi connectivity index (χ3n) is 3.53. The number of aryl methyl sites for hydroxylation is 2. The van der Waals surface area contributed by atoms with Crippen LogP contribution in [-0.4, -0.2) is 19.6 Å². The molecule has 1 N–H and O–H groups in total. The Labute approximate surface area is 126 Å². The van der Waals surface area contributed by atoms with Gasteiger partial charge in [0.25, 0.3) is 5.91 Å². The van der Waals surface area contributed by atoms with E-state index in [2.05, 4.69) is 5.32 Å². The maximum absolute atomic E-state index is 12.3. The number of hydrogen-bond acceptors (Lipinski definition) is 2. The van der Waals surface area contributed by atoms with Crippen LogP contribution in [-0.2, 0) is 4.74 Å². The molecule has 1 amide bonds. The van der Waals surface area contributed by atoms with Gasteiger partial charge >= 0.3 is 0 Å². The molecule has 0 bridgehead atoms. The van der Waals surface area contributed by atoms with Crippen molar-refractivity contribution >= 4 is 5.91 Å². The van der Waals surface area contributed by atoms with Gasteiger partial charge in [-0.25, -0.2) is 0 Å². The molecule has 3 nitrogen and oxygen atoms in total. The van der Waals surface area contributed by atoms with Gasteiger partial charge in [-0.2, -0.15) is 0 Å². The normalized spacial score (nSPS) is 12.0. The molecule has 1 unspecified atom stereocenters. The van der Waals surface area contributed by atoms with E-state index in [0.29, 0.717) is 12.1 Å². The van der Waals surface area contributed by atoms with Gasteiger partial charge < -0.3 is 10.1 Å². The van der Waals surface area contributed by atoms with Crippen LogP contribution >= 0.6 is 0 Å². The molecule has 0 fully saturated rings. The molecule has 0 saturated carbocycles. The zero-order valence-electron chi connectivity index (χ0n) is 12.7. The van der Waals surface area contributed by atoms with E-state index in [1.807, 2.05) is 62.4 Å². The van der Waals surface area contributed by atoms with Crippen LogP contribution in [0.3, 0.4) is 0 Å². The van der Waals surface area contributed by atoms with Crippen molar-refractivity contribution < 1.29 is 9.53 Å². The summed E-state index contributed by atoms with van der Waals surface area (Å²) in [5.74, 6) is -0.0644. The maximum atomic E-state index is 12.3. The summed E-state index contributed by atoms with van der Waals surface area (Å²) in [6, 6.07) is 15.7. The highest BCUT2D eigenvalue weighted by molar-refractivity contribution is 5.95. The fourth-order valence-electron chi connectivity index (χ4n) is 2.35. The summed E-state index contributed by atoms with van der Waals surface area (Å²) in [4.78, 5) is 12.3. The summed E-state index contributed by atoms with van der Waals surface area (Å²) < 4.78 is 5.46. The zero-order valence-corrected chi connectivity index (χ0v) is 12.7. The fourth-order valence-corrected chi connectivity index (χ4v) is 2.35. The molecular formula is C18H21NO2. The second-order valence-electron chi connectivity index (χ2n) is 5.16. The van der Waals surface area contributed by atoms with E-state index in [1.165, 1.54) is 0 Å². The van der Waals surface area contributed by atoms with Crippen molar-refractivity contribution in [2.75, 3.05) is 13.7 Å². The van der Waals surface area contributed by atoms with Crippen LogP contribution in [0.1, 0.15) is 33.2 Å². The molecule has 0 aliphatic rings. The van der Waals surface area contributed by atoms with Crippen LogP contribution in [0, 0.1) is 13.8 Å². The summed E-state index contributed by atoms with van der Waals surface area (Å²) in [7, 11) is 1.65. The Morgan fingerprint density at radius 3 is 2.48 bits per heavy atom. The number of nitrogens with one attached hydrogen (secondary N) is 1. The Morgan fingerprint density at radius 2 is 1.86 bits per heavy atom. The lowest BCUT2D eigenvalue weighted by atomic mass is 10.0. The third-order valence-corrected chi connectivity index (χ3v) is 3.53. The zero-order chi connectivity index (χ0) is 15.2. The van der Waals surface area contributed by atoms with Crippen LogP contribution in [0.4, 0.5) is 0 Å². The number of rotatable bonds is 5. The van der Waals surface area contributed by atoms with Gasteiger partial charge in [0.1, 0.15) is 0 Å². The minimum Gasteiger partial charge on any atom is -0.375 e. The van der Waals surface area contributed by atoms with E-state index in [4.69, 9.17) is 4.74 Å². The Hall–Kier alpha value is -2.13. The number of benzene rings is 2. The SMILES string of the molecule is COC(CNC(=O)c1ccc(C)cc1C)c1ccccc1. The van der Waals surface area contributed by atoms with E-state index in [1.54, 1.807) is 7.11 Å². The number of carbonyl (C=O) groups excluding carboxylic acids is 1. The molecule has 0 aromatic heterocycles. The van der Waals surface area contributed by atoms with Gasteiger partial charge in [0.2, 0.25) is 0 Å². The summed E-state index contributed by atoms with van der Waals surface area (Å²) in [6.07, 6.45) is -0.138. The summed E-state index contributed by atoms with van der Waals surface area (Å²) in [6.45, 7) is 4.42. The van der Waals surface area contributed by atoms with Crippen molar-refractivity contribution in [1.82, 2.24) is 5.32 Å². The van der Waals surface area contributed by atoms with Crippen LogP contribution in [0.15, 0.2) is 48.5 Å². The van der Waals surface area contributed by atoms with E-state index in [9.17, 15) is 4.79 Å². The molecule has 0 aliphatic carbocycles. The molecule has 2 aromatic rings. The number of carbonyl (C=O) groups is 1. The average Bonchev–Trinajstić information content (AvgIpc) is 2.48. The lowest BCUT2D eigenvalue weighted by Crippen LogP contribution is -2.29. The van der Waals surface area contributed by atoms with Crippen molar-refractivity contribution in [3.63, 3.8) is 0 Å². The van der Waals surface area contributed by atoms with Crippen LogP contribution < -0.4 is 5.32 Å².